The van der Waals surface area contributed by atoms with E-state index in [1.165, 1.54) is 0 Å². The molecule has 0 spiro atoms. The highest BCUT2D eigenvalue weighted by molar-refractivity contribution is 6.31. The average molecular weight is 341 g/mol. The first kappa shape index (κ1) is 17.7. The van der Waals surface area contributed by atoms with Crippen molar-refractivity contribution in [3.8, 4) is 0 Å². The number of anilines is 1. The molecule has 2 N–H and O–H groups in total. The predicted octanol–water partition coefficient (Wildman–Crippen LogP) is -0.0396. The van der Waals surface area contributed by atoms with Gasteiger partial charge in [0.05, 0.1) is 20.3 Å². The second-order valence-corrected chi connectivity index (χ2v) is 6.17. The number of morpholine rings is 1. The summed E-state index contributed by atoms with van der Waals surface area (Å²) in [5, 5.41) is 3.46. The lowest BCUT2D eigenvalue weighted by Crippen LogP contribution is -3.11. The molecule has 6 nitrogen and oxygen atoms in total. The first-order chi connectivity index (χ1) is 11.0. The van der Waals surface area contributed by atoms with Gasteiger partial charge in [-0.3, -0.25) is 9.59 Å². The fourth-order valence-corrected chi connectivity index (χ4v) is 2.63. The zero-order chi connectivity index (χ0) is 16.8. The lowest BCUT2D eigenvalue weighted by Gasteiger charge is -2.27. The van der Waals surface area contributed by atoms with Crippen molar-refractivity contribution < 1.29 is 19.2 Å². The summed E-state index contributed by atoms with van der Waals surface area (Å²) in [4.78, 5) is 26.9. The minimum atomic E-state index is -0.136. The Bertz CT molecular complexity index is 574. The summed E-state index contributed by atoms with van der Waals surface area (Å²) < 4.78 is 5.23. The molecule has 2 rings (SSSR count). The summed E-state index contributed by atoms with van der Waals surface area (Å²) >= 11 is 6.04. The van der Waals surface area contributed by atoms with Crippen LogP contribution in [0.25, 0.3) is 0 Å². The van der Waals surface area contributed by atoms with Gasteiger partial charge >= 0.3 is 0 Å². The second kappa shape index (κ2) is 8.29. The number of quaternary nitrogens is 1. The first-order valence-corrected chi connectivity index (χ1v) is 8.07. The smallest absolute Gasteiger partial charge is 0.279 e. The number of nitrogens with one attached hydrogen (secondary N) is 2. The zero-order valence-electron chi connectivity index (χ0n) is 13.5. The van der Waals surface area contributed by atoms with Gasteiger partial charge in [-0.2, -0.15) is 0 Å². The summed E-state index contributed by atoms with van der Waals surface area (Å²) in [7, 11) is 1.84. The summed E-state index contributed by atoms with van der Waals surface area (Å²) in [5.74, 6) is -0.0832. The van der Waals surface area contributed by atoms with E-state index >= 15 is 0 Å². The number of carbonyl (C=O) groups excluding carboxylic acids is 2. The third-order valence-corrected chi connectivity index (χ3v) is 4.23. The number of rotatable bonds is 5. The number of nitrogens with zero attached hydrogens (tertiary/aromatic N) is 1. The summed E-state index contributed by atoms with van der Waals surface area (Å²) in [6, 6.07) is 5.39. The molecule has 1 heterocycles. The number of likely N-dealkylation sites (N-methyl/N-ethyl adjacent to an activating group) is 1. The first-order valence-electron chi connectivity index (χ1n) is 7.69. The summed E-state index contributed by atoms with van der Waals surface area (Å²) in [6.45, 7) is 4.79. The van der Waals surface area contributed by atoms with Gasteiger partial charge in [0.2, 0.25) is 0 Å². The van der Waals surface area contributed by atoms with Crippen LogP contribution in [0.5, 0.6) is 0 Å². The van der Waals surface area contributed by atoms with Crippen LogP contribution in [0.15, 0.2) is 18.2 Å². The summed E-state index contributed by atoms with van der Waals surface area (Å²) in [5.41, 5.74) is 1.54. The Hall–Kier alpha value is -1.63. The molecular formula is C16H23ClN3O3+. The molecule has 2 amide bonds. The molecule has 0 saturated carbocycles. The van der Waals surface area contributed by atoms with E-state index in [2.05, 4.69) is 5.32 Å². The highest BCUT2D eigenvalue weighted by Gasteiger charge is 2.21. The molecule has 0 aromatic heterocycles. The minimum absolute atomic E-state index is 0.0533. The van der Waals surface area contributed by atoms with Crippen molar-refractivity contribution >= 4 is 29.1 Å². The van der Waals surface area contributed by atoms with Gasteiger partial charge in [-0.1, -0.05) is 17.7 Å². The minimum Gasteiger partial charge on any atom is -0.378 e. The van der Waals surface area contributed by atoms with E-state index < -0.39 is 0 Å². The number of ether oxygens (including phenoxy) is 1. The highest BCUT2D eigenvalue weighted by Crippen LogP contribution is 2.22. The van der Waals surface area contributed by atoms with Crippen molar-refractivity contribution in [3.63, 3.8) is 0 Å². The molecular weight excluding hydrogens is 318 g/mol. The number of carbonyl (C=O) groups is 2. The molecule has 0 radical (unpaired) electrons. The Balaban J connectivity index is 1.82. The number of halogens is 1. The maximum absolute atomic E-state index is 12.1. The van der Waals surface area contributed by atoms with Crippen LogP contribution in [0.4, 0.5) is 5.69 Å². The van der Waals surface area contributed by atoms with Gasteiger partial charge in [0, 0.05) is 23.8 Å². The fourth-order valence-electron chi connectivity index (χ4n) is 2.46. The third kappa shape index (κ3) is 5.20. The van der Waals surface area contributed by atoms with Gasteiger partial charge in [-0.25, -0.2) is 0 Å². The Morgan fingerprint density at radius 2 is 2.00 bits per heavy atom. The molecule has 1 aromatic rings. The Kier molecular flexibility index (Phi) is 6.38. The molecule has 0 bridgehead atoms. The van der Waals surface area contributed by atoms with Crippen molar-refractivity contribution in [2.75, 3.05) is 51.8 Å². The Labute approximate surface area is 141 Å². The van der Waals surface area contributed by atoms with E-state index in [0.29, 0.717) is 43.6 Å². The van der Waals surface area contributed by atoms with Crippen LogP contribution < -0.4 is 10.2 Å². The monoisotopic (exact) mass is 340 g/mol. The highest BCUT2D eigenvalue weighted by atomic mass is 35.5. The van der Waals surface area contributed by atoms with E-state index in [1.807, 2.05) is 20.0 Å². The van der Waals surface area contributed by atoms with Gasteiger partial charge in [-0.15, -0.1) is 0 Å². The van der Waals surface area contributed by atoms with Crippen molar-refractivity contribution in [1.29, 1.82) is 0 Å². The number of hydrogen-bond donors (Lipinski definition) is 2. The van der Waals surface area contributed by atoms with Gasteiger partial charge in [0.1, 0.15) is 0 Å². The summed E-state index contributed by atoms with van der Waals surface area (Å²) in [6.07, 6.45) is 0. The van der Waals surface area contributed by atoms with E-state index in [4.69, 9.17) is 16.3 Å². The molecule has 1 aliphatic rings. The van der Waals surface area contributed by atoms with E-state index in [0.717, 1.165) is 10.5 Å². The van der Waals surface area contributed by atoms with Crippen LogP contribution in [0, 0.1) is 6.92 Å². The van der Waals surface area contributed by atoms with Crippen LogP contribution in [-0.4, -0.2) is 63.2 Å². The molecule has 126 valence electrons. The van der Waals surface area contributed by atoms with Crippen LogP contribution in [0.3, 0.4) is 0 Å². The topological polar surface area (TPSA) is 63.1 Å². The molecule has 1 unspecified atom stereocenters. The average Bonchev–Trinajstić information content (AvgIpc) is 2.52. The second-order valence-electron chi connectivity index (χ2n) is 5.76. The van der Waals surface area contributed by atoms with Gasteiger partial charge < -0.3 is 19.9 Å². The zero-order valence-corrected chi connectivity index (χ0v) is 14.3. The lowest BCUT2D eigenvalue weighted by molar-refractivity contribution is -0.862. The standard InChI is InChI=1S/C16H22ClN3O3/c1-12-13(17)4-3-5-14(12)18-15(21)10-19(2)11-16(22)20-6-8-23-9-7-20/h3-5H,6-11H2,1-2H3,(H,18,21)/p+1. The lowest BCUT2D eigenvalue weighted by atomic mass is 10.2. The molecule has 1 atom stereocenters. The Morgan fingerprint density at radius 1 is 1.30 bits per heavy atom. The van der Waals surface area contributed by atoms with E-state index in [1.54, 1.807) is 17.0 Å². The quantitative estimate of drug-likeness (QED) is 0.790. The molecule has 1 aliphatic heterocycles. The molecule has 1 saturated heterocycles. The number of amides is 2. The maximum atomic E-state index is 12.1. The van der Waals surface area contributed by atoms with Crippen molar-refractivity contribution in [3.05, 3.63) is 28.8 Å². The van der Waals surface area contributed by atoms with Crippen molar-refractivity contribution in [2.24, 2.45) is 0 Å². The SMILES string of the molecule is Cc1c(Cl)cccc1NC(=O)C[NH+](C)CC(=O)N1CCOCC1. The molecule has 0 aliphatic carbocycles. The third-order valence-electron chi connectivity index (χ3n) is 3.82. The maximum Gasteiger partial charge on any atom is 0.279 e. The van der Waals surface area contributed by atoms with Crippen molar-refractivity contribution in [2.45, 2.75) is 6.92 Å². The fraction of sp³-hybridized carbons (Fsp3) is 0.500. The number of hydrogen-bond acceptors (Lipinski definition) is 3. The van der Waals surface area contributed by atoms with Gasteiger partial charge in [0.15, 0.2) is 13.1 Å². The molecule has 1 fully saturated rings. The van der Waals surface area contributed by atoms with Gasteiger partial charge in [-0.05, 0) is 24.6 Å². The van der Waals surface area contributed by atoms with E-state index in [-0.39, 0.29) is 18.4 Å². The van der Waals surface area contributed by atoms with Crippen LogP contribution in [0.1, 0.15) is 5.56 Å². The van der Waals surface area contributed by atoms with Crippen LogP contribution in [-0.2, 0) is 14.3 Å². The number of benzene rings is 1. The normalized spacial score (nSPS) is 16.0. The molecule has 7 heteroatoms. The molecule has 23 heavy (non-hydrogen) atoms. The predicted molar refractivity (Wildman–Crippen MR) is 88.8 cm³/mol. The van der Waals surface area contributed by atoms with Crippen LogP contribution in [0.2, 0.25) is 5.02 Å². The Morgan fingerprint density at radius 3 is 2.70 bits per heavy atom. The largest absolute Gasteiger partial charge is 0.378 e. The van der Waals surface area contributed by atoms with E-state index in [9.17, 15) is 9.59 Å². The molecule has 1 aromatic carbocycles. The van der Waals surface area contributed by atoms with Crippen LogP contribution >= 0.6 is 11.6 Å². The van der Waals surface area contributed by atoms with Crippen molar-refractivity contribution in [1.82, 2.24) is 4.90 Å². The van der Waals surface area contributed by atoms with Gasteiger partial charge in [0.25, 0.3) is 11.8 Å².